The molecule has 0 unspecified atom stereocenters. The predicted octanol–water partition coefficient (Wildman–Crippen LogP) is 2.76. The van der Waals surface area contributed by atoms with Crippen molar-refractivity contribution in [3.05, 3.63) is 0 Å². The number of hydrogen-bond donors (Lipinski definition) is 0. The third-order valence-electron chi connectivity index (χ3n) is 1.38. The van der Waals surface area contributed by atoms with Crippen LogP contribution in [0.5, 0.6) is 0 Å². The van der Waals surface area contributed by atoms with Gasteiger partial charge in [0.25, 0.3) is 0 Å². The third-order valence-corrected chi connectivity index (χ3v) is 2.92. The van der Waals surface area contributed by atoms with E-state index in [1.54, 1.807) is 34.6 Å². The van der Waals surface area contributed by atoms with Gasteiger partial charge in [-0.15, -0.1) is 0 Å². The molecule has 0 atom stereocenters. The first-order valence-electron chi connectivity index (χ1n) is 4.88. The lowest BCUT2D eigenvalue weighted by molar-refractivity contribution is -0.145. The maximum Gasteiger partial charge on any atom is 0.532 e. The zero-order valence-corrected chi connectivity index (χ0v) is 10.8. The van der Waals surface area contributed by atoms with E-state index in [-0.39, 0.29) is 13.2 Å². The fourth-order valence-electron chi connectivity index (χ4n) is 0.645. The van der Waals surface area contributed by atoms with Gasteiger partial charge < -0.3 is 4.52 Å². The van der Waals surface area contributed by atoms with Crippen molar-refractivity contribution in [3.8, 4) is 0 Å². The lowest BCUT2D eigenvalue weighted by Crippen LogP contribution is -2.22. The Morgan fingerprint density at radius 1 is 1.13 bits per heavy atom. The summed E-state index contributed by atoms with van der Waals surface area (Å²) >= 11 is 0. The summed E-state index contributed by atoms with van der Waals surface area (Å²) in [6, 6.07) is 0. The predicted molar refractivity (Wildman–Crippen MR) is 56.4 cm³/mol. The van der Waals surface area contributed by atoms with Crippen molar-refractivity contribution in [2.45, 2.75) is 34.6 Å². The highest BCUT2D eigenvalue weighted by Crippen LogP contribution is 2.50. The fourth-order valence-corrected chi connectivity index (χ4v) is 1.93. The van der Waals surface area contributed by atoms with Crippen molar-refractivity contribution in [1.29, 1.82) is 0 Å². The van der Waals surface area contributed by atoms with E-state index in [4.69, 9.17) is 13.6 Å². The number of carbonyl (C=O) groups excluding carboxylic acids is 1. The summed E-state index contributed by atoms with van der Waals surface area (Å²) in [4.78, 5) is 11.5. The molecule has 0 bridgehead atoms. The van der Waals surface area contributed by atoms with Crippen molar-refractivity contribution >= 4 is 13.8 Å². The molecule has 0 saturated heterocycles. The van der Waals surface area contributed by atoms with Crippen LogP contribution >= 0.6 is 7.82 Å². The average molecular weight is 238 g/mol. The standard InChI is InChI=1S/C9H19O5P/c1-6-12-15(11,13-7-2)14-8(10)9(3,4)5/h6-7H2,1-5H3. The van der Waals surface area contributed by atoms with Gasteiger partial charge in [-0.2, -0.15) is 0 Å². The molecule has 5 nitrogen and oxygen atoms in total. The highest BCUT2D eigenvalue weighted by atomic mass is 31.2. The van der Waals surface area contributed by atoms with Crippen molar-refractivity contribution < 1.29 is 22.9 Å². The molecule has 0 aromatic carbocycles. The minimum atomic E-state index is -3.72. The second-order valence-corrected chi connectivity index (χ2v) is 5.50. The Bertz CT molecular complexity index is 246. The van der Waals surface area contributed by atoms with Gasteiger partial charge >= 0.3 is 13.8 Å². The van der Waals surface area contributed by atoms with Gasteiger partial charge in [-0.1, -0.05) is 0 Å². The molecule has 0 aromatic heterocycles. The minimum Gasteiger partial charge on any atom is -0.370 e. The van der Waals surface area contributed by atoms with Crippen molar-refractivity contribution in [1.82, 2.24) is 0 Å². The maximum absolute atomic E-state index is 11.8. The number of rotatable bonds is 5. The van der Waals surface area contributed by atoms with E-state index in [1.165, 1.54) is 0 Å². The van der Waals surface area contributed by atoms with Crippen LogP contribution in [0, 0.1) is 5.41 Å². The van der Waals surface area contributed by atoms with Gasteiger partial charge in [0.05, 0.1) is 18.6 Å². The molecule has 90 valence electrons. The van der Waals surface area contributed by atoms with Crippen molar-refractivity contribution in [2.24, 2.45) is 5.41 Å². The molecule has 0 radical (unpaired) electrons. The molecule has 0 aliphatic rings. The maximum atomic E-state index is 11.8. The second kappa shape index (κ2) is 5.64. The molecule has 0 aliphatic heterocycles. The first-order valence-corrected chi connectivity index (χ1v) is 6.34. The quantitative estimate of drug-likeness (QED) is 0.689. The average Bonchev–Trinajstić information content (AvgIpc) is 2.02. The van der Waals surface area contributed by atoms with Gasteiger partial charge in [-0.25, -0.2) is 4.57 Å². The Morgan fingerprint density at radius 2 is 1.53 bits per heavy atom. The van der Waals surface area contributed by atoms with Crippen LogP contribution in [-0.2, 0) is 22.9 Å². The van der Waals surface area contributed by atoms with E-state index >= 15 is 0 Å². The fraction of sp³-hybridized carbons (Fsp3) is 0.889. The molecule has 0 aromatic rings. The lowest BCUT2D eigenvalue weighted by atomic mass is 9.98. The lowest BCUT2D eigenvalue weighted by Gasteiger charge is -2.21. The summed E-state index contributed by atoms with van der Waals surface area (Å²) in [6.07, 6.45) is 0. The molecule has 0 spiro atoms. The van der Waals surface area contributed by atoms with Crippen LogP contribution in [0.15, 0.2) is 0 Å². The molecule has 0 N–H and O–H groups in total. The Morgan fingerprint density at radius 3 is 1.80 bits per heavy atom. The van der Waals surface area contributed by atoms with Gasteiger partial charge in [0.1, 0.15) is 0 Å². The third kappa shape index (κ3) is 5.30. The van der Waals surface area contributed by atoms with Gasteiger partial charge in [0.15, 0.2) is 0 Å². The van der Waals surface area contributed by atoms with Crippen LogP contribution in [0.1, 0.15) is 34.6 Å². The highest BCUT2D eigenvalue weighted by Gasteiger charge is 2.35. The summed E-state index contributed by atoms with van der Waals surface area (Å²) in [5, 5.41) is 0. The number of phosphoric ester groups is 1. The normalized spacial score (nSPS) is 12.6. The van der Waals surface area contributed by atoms with Gasteiger partial charge in [-0.05, 0) is 34.6 Å². The van der Waals surface area contributed by atoms with E-state index in [1.807, 2.05) is 0 Å². The van der Waals surface area contributed by atoms with Gasteiger partial charge in [0, 0.05) is 0 Å². The zero-order valence-electron chi connectivity index (χ0n) is 9.90. The van der Waals surface area contributed by atoms with E-state index in [2.05, 4.69) is 0 Å². The summed E-state index contributed by atoms with van der Waals surface area (Å²) in [7, 11) is -3.72. The van der Waals surface area contributed by atoms with Crippen LogP contribution in [0.4, 0.5) is 0 Å². The Kier molecular flexibility index (Phi) is 5.49. The van der Waals surface area contributed by atoms with Crippen LogP contribution in [-0.4, -0.2) is 19.2 Å². The summed E-state index contributed by atoms with van der Waals surface area (Å²) in [5.74, 6) is -0.604. The van der Waals surface area contributed by atoms with E-state index < -0.39 is 19.2 Å². The van der Waals surface area contributed by atoms with E-state index in [0.717, 1.165) is 0 Å². The Hall–Kier alpha value is -0.380. The van der Waals surface area contributed by atoms with Crippen LogP contribution in [0.3, 0.4) is 0 Å². The molecular weight excluding hydrogens is 219 g/mol. The van der Waals surface area contributed by atoms with Crippen LogP contribution < -0.4 is 0 Å². The largest absolute Gasteiger partial charge is 0.532 e. The second-order valence-electron chi connectivity index (χ2n) is 3.91. The smallest absolute Gasteiger partial charge is 0.370 e. The molecule has 15 heavy (non-hydrogen) atoms. The van der Waals surface area contributed by atoms with Gasteiger partial charge in [0.2, 0.25) is 0 Å². The Labute approximate surface area is 90.7 Å². The number of phosphoric acid groups is 1. The topological polar surface area (TPSA) is 61.8 Å². The highest BCUT2D eigenvalue weighted by molar-refractivity contribution is 7.49. The minimum absolute atomic E-state index is 0.161. The molecule has 6 heteroatoms. The molecular formula is C9H19O5P. The number of hydrogen-bond acceptors (Lipinski definition) is 5. The first-order chi connectivity index (χ1) is 6.75. The molecule has 0 heterocycles. The zero-order chi connectivity index (χ0) is 12.1. The molecule has 0 aliphatic carbocycles. The van der Waals surface area contributed by atoms with Crippen LogP contribution in [0.2, 0.25) is 0 Å². The van der Waals surface area contributed by atoms with E-state index in [9.17, 15) is 9.36 Å². The van der Waals surface area contributed by atoms with E-state index in [0.29, 0.717) is 0 Å². The molecule has 0 fully saturated rings. The SMILES string of the molecule is CCOP(=O)(OCC)OC(=O)C(C)(C)C. The van der Waals surface area contributed by atoms with Gasteiger partial charge in [-0.3, -0.25) is 13.8 Å². The summed E-state index contributed by atoms with van der Waals surface area (Å²) in [5.41, 5.74) is -0.732. The molecule has 0 saturated carbocycles. The Balaban J connectivity index is 4.55. The van der Waals surface area contributed by atoms with Crippen molar-refractivity contribution in [2.75, 3.05) is 13.2 Å². The van der Waals surface area contributed by atoms with Crippen molar-refractivity contribution in [3.63, 3.8) is 0 Å². The number of carbonyl (C=O) groups is 1. The first kappa shape index (κ1) is 14.6. The molecule has 0 amide bonds. The molecule has 0 rings (SSSR count). The summed E-state index contributed by atoms with van der Waals surface area (Å²) in [6.45, 7) is 8.61. The summed E-state index contributed by atoms with van der Waals surface area (Å²) < 4.78 is 26.2. The van der Waals surface area contributed by atoms with Crippen LogP contribution in [0.25, 0.3) is 0 Å². The monoisotopic (exact) mass is 238 g/mol.